The van der Waals surface area contributed by atoms with Crippen LogP contribution in [0.4, 0.5) is 10.5 Å². The van der Waals surface area contributed by atoms with Gasteiger partial charge in [-0.15, -0.1) is 0 Å². The van der Waals surface area contributed by atoms with Gasteiger partial charge in [-0.25, -0.2) is 4.79 Å². The maximum absolute atomic E-state index is 12.0. The van der Waals surface area contributed by atoms with Crippen molar-refractivity contribution in [2.24, 2.45) is 5.92 Å². The fourth-order valence-corrected chi connectivity index (χ4v) is 2.16. The summed E-state index contributed by atoms with van der Waals surface area (Å²) >= 11 is 0. The molecule has 2 amide bonds. The molecular formula is C13H17N3O3. The van der Waals surface area contributed by atoms with E-state index in [4.69, 9.17) is 5.11 Å². The van der Waals surface area contributed by atoms with Gasteiger partial charge in [-0.3, -0.25) is 9.78 Å². The Morgan fingerprint density at radius 1 is 1.37 bits per heavy atom. The van der Waals surface area contributed by atoms with Crippen LogP contribution < -0.4 is 5.32 Å². The molecule has 6 heteroatoms. The second-order valence-electron chi connectivity index (χ2n) is 4.78. The van der Waals surface area contributed by atoms with Gasteiger partial charge in [0.05, 0.1) is 17.8 Å². The fraction of sp³-hybridized carbons (Fsp3) is 0.462. The first-order valence-electron chi connectivity index (χ1n) is 6.26. The van der Waals surface area contributed by atoms with Crippen molar-refractivity contribution in [3.05, 3.63) is 24.0 Å². The summed E-state index contributed by atoms with van der Waals surface area (Å²) in [5, 5.41) is 11.7. The molecule has 0 unspecified atom stereocenters. The highest BCUT2D eigenvalue weighted by Gasteiger charge is 2.26. The van der Waals surface area contributed by atoms with Gasteiger partial charge in [-0.1, -0.05) is 0 Å². The van der Waals surface area contributed by atoms with Crippen molar-refractivity contribution in [1.82, 2.24) is 9.88 Å². The highest BCUT2D eigenvalue weighted by Crippen LogP contribution is 2.18. The predicted molar refractivity (Wildman–Crippen MR) is 69.9 cm³/mol. The molecule has 0 aromatic carbocycles. The van der Waals surface area contributed by atoms with Gasteiger partial charge < -0.3 is 15.3 Å². The van der Waals surface area contributed by atoms with Crippen LogP contribution in [0, 0.1) is 12.8 Å². The minimum atomic E-state index is -0.775. The second kappa shape index (κ2) is 5.69. The lowest BCUT2D eigenvalue weighted by Crippen LogP contribution is -2.42. The molecule has 0 atom stereocenters. The zero-order chi connectivity index (χ0) is 13.8. The Morgan fingerprint density at radius 2 is 2.05 bits per heavy atom. The number of piperidine rings is 1. The molecular weight excluding hydrogens is 246 g/mol. The average Bonchev–Trinajstić information content (AvgIpc) is 2.39. The molecule has 6 nitrogen and oxygen atoms in total. The Hall–Kier alpha value is -2.11. The molecule has 1 aromatic rings. The van der Waals surface area contributed by atoms with E-state index in [1.165, 1.54) is 0 Å². The lowest BCUT2D eigenvalue weighted by molar-refractivity contribution is -0.143. The van der Waals surface area contributed by atoms with Crippen LogP contribution in [0.25, 0.3) is 0 Å². The molecule has 2 heterocycles. The van der Waals surface area contributed by atoms with Crippen molar-refractivity contribution in [3.63, 3.8) is 0 Å². The number of aromatic nitrogens is 1. The lowest BCUT2D eigenvalue weighted by Gasteiger charge is -2.30. The maximum atomic E-state index is 12.0. The molecule has 19 heavy (non-hydrogen) atoms. The first kappa shape index (κ1) is 13.3. The Kier molecular flexibility index (Phi) is 3.99. The van der Waals surface area contributed by atoms with Crippen molar-refractivity contribution in [3.8, 4) is 0 Å². The number of urea groups is 1. The standard InChI is InChI=1S/C13H17N3O3/c1-9-6-11(8-14-7-9)15-13(19)16-4-2-10(3-5-16)12(17)18/h6-8,10H,2-5H2,1H3,(H,15,19)(H,17,18). The molecule has 1 aliphatic heterocycles. The normalized spacial score (nSPS) is 16.2. The topological polar surface area (TPSA) is 82.5 Å². The van der Waals surface area contributed by atoms with Gasteiger partial charge in [0.15, 0.2) is 0 Å². The number of rotatable bonds is 2. The molecule has 0 radical (unpaired) electrons. The van der Waals surface area contributed by atoms with Crippen LogP contribution in [-0.2, 0) is 4.79 Å². The number of anilines is 1. The van der Waals surface area contributed by atoms with E-state index in [2.05, 4.69) is 10.3 Å². The van der Waals surface area contributed by atoms with E-state index in [1.54, 1.807) is 17.3 Å². The number of carbonyl (C=O) groups is 2. The van der Waals surface area contributed by atoms with Crippen molar-refractivity contribution >= 4 is 17.7 Å². The largest absolute Gasteiger partial charge is 0.481 e. The molecule has 0 spiro atoms. The van der Waals surface area contributed by atoms with E-state index in [0.29, 0.717) is 31.6 Å². The summed E-state index contributed by atoms with van der Waals surface area (Å²) in [6.45, 7) is 2.85. The van der Waals surface area contributed by atoms with Gasteiger partial charge in [0.1, 0.15) is 0 Å². The van der Waals surface area contributed by atoms with Gasteiger partial charge in [0, 0.05) is 19.3 Å². The number of amides is 2. The van der Waals surface area contributed by atoms with E-state index < -0.39 is 5.97 Å². The van der Waals surface area contributed by atoms with Crippen molar-refractivity contribution < 1.29 is 14.7 Å². The Balaban J connectivity index is 1.90. The highest BCUT2D eigenvalue weighted by atomic mass is 16.4. The van der Waals surface area contributed by atoms with Gasteiger partial charge in [-0.05, 0) is 31.4 Å². The summed E-state index contributed by atoms with van der Waals surface area (Å²) in [5.74, 6) is -1.10. The summed E-state index contributed by atoms with van der Waals surface area (Å²) in [6, 6.07) is 1.64. The zero-order valence-corrected chi connectivity index (χ0v) is 10.8. The van der Waals surface area contributed by atoms with E-state index in [-0.39, 0.29) is 11.9 Å². The monoisotopic (exact) mass is 263 g/mol. The molecule has 0 saturated carbocycles. The van der Waals surface area contributed by atoms with E-state index in [1.807, 2.05) is 13.0 Å². The molecule has 1 aliphatic rings. The number of hydrogen-bond donors (Lipinski definition) is 2. The van der Waals surface area contributed by atoms with Crippen molar-refractivity contribution in [2.45, 2.75) is 19.8 Å². The van der Waals surface area contributed by atoms with Crippen LogP contribution >= 0.6 is 0 Å². The summed E-state index contributed by atoms with van der Waals surface area (Å²) in [5.41, 5.74) is 1.63. The molecule has 1 fully saturated rings. The fourth-order valence-electron chi connectivity index (χ4n) is 2.16. The smallest absolute Gasteiger partial charge is 0.321 e. The third-order valence-corrected chi connectivity index (χ3v) is 3.26. The van der Waals surface area contributed by atoms with Crippen LogP contribution in [0.2, 0.25) is 0 Å². The average molecular weight is 263 g/mol. The van der Waals surface area contributed by atoms with Crippen molar-refractivity contribution in [1.29, 1.82) is 0 Å². The number of carboxylic acid groups (broad SMARTS) is 1. The van der Waals surface area contributed by atoms with E-state index in [9.17, 15) is 9.59 Å². The molecule has 1 saturated heterocycles. The van der Waals surface area contributed by atoms with Gasteiger partial charge in [0.25, 0.3) is 0 Å². The van der Waals surface area contributed by atoms with Crippen LogP contribution in [0.1, 0.15) is 18.4 Å². The number of nitrogens with one attached hydrogen (secondary N) is 1. The van der Waals surface area contributed by atoms with Gasteiger partial charge in [0.2, 0.25) is 0 Å². The summed E-state index contributed by atoms with van der Waals surface area (Å²) in [6.07, 6.45) is 4.33. The number of pyridine rings is 1. The van der Waals surface area contributed by atoms with Crippen LogP contribution in [0.3, 0.4) is 0 Å². The van der Waals surface area contributed by atoms with Gasteiger partial charge >= 0.3 is 12.0 Å². The zero-order valence-electron chi connectivity index (χ0n) is 10.8. The van der Waals surface area contributed by atoms with Crippen LogP contribution in [-0.4, -0.2) is 40.1 Å². The first-order valence-corrected chi connectivity index (χ1v) is 6.26. The number of likely N-dealkylation sites (tertiary alicyclic amines) is 1. The number of nitrogens with zero attached hydrogens (tertiary/aromatic N) is 2. The molecule has 1 aromatic heterocycles. The quantitative estimate of drug-likeness (QED) is 0.851. The number of carboxylic acids is 1. The first-order chi connectivity index (χ1) is 9.06. The van der Waals surface area contributed by atoms with E-state index in [0.717, 1.165) is 5.56 Å². The SMILES string of the molecule is Cc1cncc(NC(=O)N2CCC(C(=O)O)CC2)c1. The lowest BCUT2D eigenvalue weighted by atomic mass is 9.97. The molecule has 0 bridgehead atoms. The number of aryl methyl sites for hydroxylation is 1. The third-order valence-electron chi connectivity index (χ3n) is 3.26. The highest BCUT2D eigenvalue weighted by molar-refractivity contribution is 5.89. The Labute approximate surface area is 111 Å². The van der Waals surface area contributed by atoms with Crippen molar-refractivity contribution in [2.75, 3.05) is 18.4 Å². The predicted octanol–water partition coefficient (Wildman–Crippen LogP) is 1.72. The number of hydrogen-bond acceptors (Lipinski definition) is 3. The third kappa shape index (κ3) is 3.43. The molecule has 2 rings (SSSR count). The minimum Gasteiger partial charge on any atom is -0.481 e. The summed E-state index contributed by atoms with van der Waals surface area (Å²) < 4.78 is 0. The van der Waals surface area contributed by atoms with E-state index >= 15 is 0 Å². The number of aliphatic carboxylic acids is 1. The van der Waals surface area contributed by atoms with Gasteiger partial charge in [-0.2, -0.15) is 0 Å². The summed E-state index contributed by atoms with van der Waals surface area (Å²) in [4.78, 5) is 28.5. The Bertz CT molecular complexity index is 482. The van der Waals surface area contributed by atoms with Crippen LogP contribution in [0.15, 0.2) is 18.5 Å². The molecule has 2 N–H and O–H groups in total. The second-order valence-corrected chi connectivity index (χ2v) is 4.78. The molecule has 102 valence electrons. The number of carbonyl (C=O) groups excluding carboxylic acids is 1. The Morgan fingerprint density at radius 3 is 2.63 bits per heavy atom. The summed E-state index contributed by atoms with van der Waals surface area (Å²) in [7, 11) is 0. The molecule has 0 aliphatic carbocycles. The van der Waals surface area contributed by atoms with Crippen LogP contribution in [0.5, 0.6) is 0 Å². The minimum absolute atomic E-state index is 0.198. The maximum Gasteiger partial charge on any atom is 0.321 e.